The summed E-state index contributed by atoms with van der Waals surface area (Å²) in [5, 5.41) is 2.48. The van der Waals surface area contributed by atoms with Crippen LogP contribution in [0, 0.1) is 0 Å². The summed E-state index contributed by atoms with van der Waals surface area (Å²) in [6.45, 7) is 0. The third-order valence-corrected chi connectivity index (χ3v) is 13.2. The molecular formula is C54H32N6. The number of hydrogen-bond acceptors (Lipinski definition) is 3. The van der Waals surface area contributed by atoms with Crippen molar-refractivity contribution in [1.29, 1.82) is 0 Å². The van der Waals surface area contributed by atoms with Crippen LogP contribution in [0.3, 0.4) is 0 Å². The molecule has 0 N–H and O–H groups in total. The molecule has 0 amide bonds. The smallest absolute Gasteiger partial charge is 0.183 e. The third kappa shape index (κ3) is 3.90. The Morgan fingerprint density at radius 2 is 1.00 bits per heavy atom. The molecule has 278 valence electrons. The predicted octanol–water partition coefficient (Wildman–Crippen LogP) is 12.3. The maximum atomic E-state index is 5.23. The van der Waals surface area contributed by atoms with Crippen molar-refractivity contribution in [3.8, 4) is 50.5 Å². The monoisotopic (exact) mass is 764 g/mol. The number of rotatable bonds is 3. The molecule has 2 aliphatic rings. The summed E-state index contributed by atoms with van der Waals surface area (Å²) in [6.07, 6.45) is 5.59. The van der Waals surface area contributed by atoms with Gasteiger partial charge in [0.15, 0.2) is 16.9 Å². The van der Waals surface area contributed by atoms with E-state index in [-0.39, 0.29) is 0 Å². The lowest BCUT2D eigenvalue weighted by molar-refractivity contribution is 0.795. The van der Waals surface area contributed by atoms with E-state index in [1.165, 1.54) is 60.8 Å². The largest absolute Gasteiger partial charge is 0.309 e. The Morgan fingerprint density at radius 3 is 1.78 bits per heavy atom. The molecule has 0 aliphatic heterocycles. The molecule has 5 aromatic heterocycles. The standard InChI is InChI=1S/C54H32N6/c1-2-15-36(16-3-1)58-46-24-11-7-19-39(46)40-26-25-34(30-47(40)58)33-13-12-14-35(29-33)49-32-57-51-48-31-45-50(59(48)52-53(60(49)51)56-28-27-55-52)41-20-6-10-23-44(41)54(45)42-21-8-4-17-37(42)38-18-5-9-22-43(38)54/h1-32H. The zero-order chi connectivity index (χ0) is 39.1. The summed E-state index contributed by atoms with van der Waals surface area (Å²) >= 11 is 0. The van der Waals surface area contributed by atoms with E-state index >= 15 is 0 Å². The van der Waals surface area contributed by atoms with Gasteiger partial charge in [0.05, 0.1) is 39.5 Å². The average molecular weight is 765 g/mol. The highest BCUT2D eigenvalue weighted by molar-refractivity contribution is 6.10. The van der Waals surface area contributed by atoms with Crippen LogP contribution in [0.15, 0.2) is 195 Å². The van der Waals surface area contributed by atoms with Crippen LogP contribution in [-0.2, 0) is 5.41 Å². The molecule has 1 spiro atoms. The molecule has 7 aromatic carbocycles. The fourth-order valence-electron chi connectivity index (χ4n) is 10.9. The van der Waals surface area contributed by atoms with E-state index in [2.05, 4.69) is 189 Å². The van der Waals surface area contributed by atoms with Crippen LogP contribution in [0.5, 0.6) is 0 Å². The van der Waals surface area contributed by atoms with Gasteiger partial charge in [0.2, 0.25) is 0 Å². The molecule has 0 unspecified atom stereocenters. The molecule has 14 rings (SSSR count). The van der Waals surface area contributed by atoms with Crippen LogP contribution in [0.2, 0.25) is 0 Å². The number of para-hydroxylation sites is 2. The molecule has 0 saturated heterocycles. The molecule has 0 bridgehead atoms. The Labute approximate surface area is 343 Å². The number of nitrogens with zero attached hydrogens (tertiary/aromatic N) is 6. The number of benzene rings is 7. The lowest BCUT2D eigenvalue weighted by atomic mass is 9.71. The van der Waals surface area contributed by atoms with Crippen LogP contribution in [0.4, 0.5) is 0 Å². The Kier molecular flexibility index (Phi) is 6.13. The summed E-state index contributed by atoms with van der Waals surface area (Å²) in [5.41, 5.74) is 20.8. The van der Waals surface area contributed by atoms with E-state index in [0.717, 1.165) is 56.2 Å². The van der Waals surface area contributed by atoms with Crippen molar-refractivity contribution in [1.82, 2.24) is 28.3 Å². The number of hydrogen-bond donors (Lipinski definition) is 0. The second-order valence-electron chi connectivity index (χ2n) is 16.0. The summed E-state index contributed by atoms with van der Waals surface area (Å²) in [5.74, 6) is 0. The van der Waals surface area contributed by atoms with Gasteiger partial charge >= 0.3 is 0 Å². The van der Waals surface area contributed by atoms with Crippen molar-refractivity contribution in [3.63, 3.8) is 0 Å². The van der Waals surface area contributed by atoms with Gasteiger partial charge < -0.3 is 4.57 Å². The van der Waals surface area contributed by atoms with Crippen LogP contribution >= 0.6 is 0 Å². The zero-order valence-electron chi connectivity index (χ0n) is 32.2. The second-order valence-corrected chi connectivity index (χ2v) is 16.0. The minimum Gasteiger partial charge on any atom is -0.309 e. The fraction of sp³-hybridized carbons (Fsp3) is 0.0185. The van der Waals surface area contributed by atoms with Crippen molar-refractivity contribution < 1.29 is 0 Å². The van der Waals surface area contributed by atoms with Gasteiger partial charge in [-0.25, -0.2) is 15.0 Å². The van der Waals surface area contributed by atoms with Crippen molar-refractivity contribution in [2.75, 3.05) is 0 Å². The van der Waals surface area contributed by atoms with Gasteiger partial charge in [-0.3, -0.25) is 8.80 Å². The lowest BCUT2D eigenvalue weighted by Gasteiger charge is -2.29. The van der Waals surface area contributed by atoms with Crippen LogP contribution in [0.25, 0.3) is 94.7 Å². The quantitative estimate of drug-likeness (QED) is 0.180. The fourth-order valence-corrected chi connectivity index (χ4v) is 10.9. The topological polar surface area (TPSA) is 52.4 Å². The third-order valence-electron chi connectivity index (χ3n) is 13.2. The molecular weight excluding hydrogens is 733 g/mol. The first-order valence-electron chi connectivity index (χ1n) is 20.4. The van der Waals surface area contributed by atoms with E-state index < -0.39 is 5.41 Å². The van der Waals surface area contributed by atoms with E-state index in [9.17, 15) is 0 Å². The highest BCUT2D eigenvalue weighted by Crippen LogP contribution is 2.63. The average Bonchev–Trinajstić information content (AvgIpc) is 4.12. The number of aromatic nitrogens is 6. The van der Waals surface area contributed by atoms with E-state index in [1.807, 2.05) is 6.20 Å². The first-order chi connectivity index (χ1) is 29.8. The lowest BCUT2D eigenvalue weighted by Crippen LogP contribution is -2.25. The Balaban J connectivity index is 1.00. The van der Waals surface area contributed by atoms with Gasteiger partial charge in [0.1, 0.15) is 0 Å². The van der Waals surface area contributed by atoms with Crippen LogP contribution < -0.4 is 0 Å². The molecule has 6 nitrogen and oxygen atoms in total. The molecule has 60 heavy (non-hydrogen) atoms. The van der Waals surface area contributed by atoms with Gasteiger partial charge in [-0.15, -0.1) is 0 Å². The summed E-state index contributed by atoms with van der Waals surface area (Å²) in [4.78, 5) is 15.4. The molecule has 0 fully saturated rings. The second kappa shape index (κ2) is 11.5. The van der Waals surface area contributed by atoms with Crippen molar-refractivity contribution in [3.05, 3.63) is 217 Å². The molecule has 0 atom stereocenters. The molecule has 0 radical (unpaired) electrons. The first kappa shape index (κ1) is 31.9. The van der Waals surface area contributed by atoms with Crippen LogP contribution in [0.1, 0.15) is 22.3 Å². The van der Waals surface area contributed by atoms with Crippen molar-refractivity contribution in [2.45, 2.75) is 5.41 Å². The predicted molar refractivity (Wildman–Crippen MR) is 241 cm³/mol. The maximum Gasteiger partial charge on any atom is 0.183 e. The molecule has 0 saturated carbocycles. The highest BCUT2D eigenvalue weighted by atomic mass is 15.1. The molecule has 5 heterocycles. The van der Waals surface area contributed by atoms with E-state index in [1.54, 1.807) is 12.4 Å². The van der Waals surface area contributed by atoms with Gasteiger partial charge in [-0.1, -0.05) is 140 Å². The zero-order valence-corrected chi connectivity index (χ0v) is 32.2. The minimum absolute atomic E-state index is 0.478. The Morgan fingerprint density at radius 1 is 0.383 bits per heavy atom. The molecule has 6 heteroatoms. The highest BCUT2D eigenvalue weighted by Gasteiger charge is 2.53. The van der Waals surface area contributed by atoms with Gasteiger partial charge in [0, 0.05) is 40.0 Å². The molecule has 12 aromatic rings. The number of fused-ring (bicyclic) bond motifs is 20. The van der Waals surface area contributed by atoms with Crippen molar-refractivity contribution in [2.24, 2.45) is 0 Å². The number of imidazole rings is 1. The van der Waals surface area contributed by atoms with E-state index in [0.29, 0.717) is 0 Å². The van der Waals surface area contributed by atoms with Gasteiger partial charge in [0.25, 0.3) is 0 Å². The Hall–Kier alpha value is -8.09. The normalized spacial score (nSPS) is 13.5. The maximum absolute atomic E-state index is 5.23. The van der Waals surface area contributed by atoms with Gasteiger partial charge in [-0.05, 0) is 80.9 Å². The van der Waals surface area contributed by atoms with Crippen LogP contribution in [-0.4, -0.2) is 28.3 Å². The summed E-state index contributed by atoms with van der Waals surface area (Å²) in [6, 6.07) is 64.1. The summed E-state index contributed by atoms with van der Waals surface area (Å²) in [7, 11) is 0. The van der Waals surface area contributed by atoms with Gasteiger partial charge in [-0.2, -0.15) is 0 Å². The molecule has 2 aliphatic carbocycles. The van der Waals surface area contributed by atoms with Crippen molar-refractivity contribution >= 4 is 44.3 Å². The Bertz CT molecular complexity index is 3750. The first-order valence-corrected chi connectivity index (χ1v) is 20.4. The minimum atomic E-state index is -0.478. The SMILES string of the molecule is c1ccc(-n2c3ccccc3c3ccc(-c4cccc(-c5cnc6c7cc8c(n7c7nccnc7n56)-c5ccccc5C85c6ccccc6-c6ccccc65)c4)cc32)cc1. The summed E-state index contributed by atoms with van der Waals surface area (Å²) < 4.78 is 6.90. The van der Waals surface area contributed by atoms with E-state index in [4.69, 9.17) is 15.0 Å².